The molecule has 4 N–H and O–H groups in total. The Morgan fingerprint density at radius 3 is 2.53 bits per heavy atom. The van der Waals surface area contributed by atoms with Crippen LogP contribution in [0.15, 0.2) is 36.7 Å². The molecule has 1 aromatic carbocycles. The van der Waals surface area contributed by atoms with Gasteiger partial charge in [-0.25, -0.2) is 4.98 Å². The third-order valence-electron chi connectivity index (χ3n) is 2.79. The molecular weight excluding hydrogens is 266 g/mol. The van der Waals surface area contributed by atoms with Gasteiger partial charge in [-0.2, -0.15) is 0 Å². The first-order chi connectivity index (χ1) is 8.49. The van der Waals surface area contributed by atoms with Crippen LogP contribution in [-0.2, 0) is 11.2 Å². The number of hydrogen-bond donors (Lipinski definition) is 3. The second-order valence-corrected chi connectivity index (χ2v) is 4.53. The van der Waals surface area contributed by atoms with Gasteiger partial charge >= 0.3 is 5.97 Å². The van der Waals surface area contributed by atoms with Gasteiger partial charge in [0.25, 0.3) is 0 Å². The molecule has 0 aliphatic rings. The molecule has 0 saturated carbocycles. The van der Waals surface area contributed by atoms with Crippen LogP contribution in [0.4, 0.5) is 0 Å². The predicted molar refractivity (Wildman–Crippen MR) is 75.2 cm³/mol. The van der Waals surface area contributed by atoms with E-state index in [0.29, 0.717) is 6.42 Å². The first-order valence-corrected chi connectivity index (χ1v) is 5.60. The molecule has 2 aromatic rings. The number of aliphatic carboxylic acids is 1. The topological polar surface area (TPSA) is 92.0 Å². The number of benzene rings is 1. The molecule has 0 saturated heterocycles. The summed E-state index contributed by atoms with van der Waals surface area (Å²) < 4.78 is 0. The van der Waals surface area contributed by atoms with E-state index in [0.717, 1.165) is 17.0 Å². The van der Waals surface area contributed by atoms with Crippen LogP contribution in [0.2, 0.25) is 0 Å². The largest absolute Gasteiger partial charge is 0.480 e. The Hall–Kier alpha value is -1.85. The Bertz CT molecular complexity index is 536. The van der Waals surface area contributed by atoms with Gasteiger partial charge in [0.15, 0.2) is 0 Å². The average Bonchev–Trinajstić information content (AvgIpc) is 2.83. The van der Waals surface area contributed by atoms with Crippen molar-refractivity contribution < 1.29 is 9.90 Å². The lowest BCUT2D eigenvalue weighted by Crippen LogP contribution is -2.46. The number of carbonyl (C=O) groups is 1. The second-order valence-electron chi connectivity index (χ2n) is 4.53. The summed E-state index contributed by atoms with van der Waals surface area (Å²) >= 11 is 0. The number of carboxylic acid groups (broad SMARTS) is 1. The van der Waals surface area contributed by atoms with Crippen LogP contribution in [0, 0.1) is 0 Å². The minimum Gasteiger partial charge on any atom is -0.480 e. The smallest absolute Gasteiger partial charge is 0.323 e. The van der Waals surface area contributed by atoms with Gasteiger partial charge in [-0.3, -0.25) is 4.79 Å². The van der Waals surface area contributed by atoms with Gasteiger partial charge in [-0.05, 0) is 12.5 Å². The molecule has 1 atom stereocenters. The number of carboxylic acids is 1. The predicted octanol–water partition coefficient (Wildman–Crippen LogP) is 1.84. The van der Waals surface area contributed by atoms with E-state index in [-0.39, 0.29) is 12.4 Å². The fourth-order valence-electron chi connectivity index (χ4n) is 1.70. The van der Waals surface area contributed by atoms with Crippen LogP contribution in [0.25, 0.3) is 11.4 Å². The van der Waals surface area contributed by atoms with E-state index in [1.54, 1.807) is 12.4 Å². The molecule has 6 heteroatoms. The summed E-state index contributed by atoms with van der Waals surface area (Å²) in [6.45, 7) is 1.51. The molecule has 1 heterocycles. The maximum Gasteiger partial charge on any atom is 0.323 e. The monoisotopic (exact) mass is 281 g/mol. The maximum absolute atomic E-state index is 10.9. The Morgan fingerprint density at radius 1 is 1.42 bits per heavy atom. The van der Waals surface area contributed by atoms with Crippen LogP contribution in [-0.4, -0.2) is 26.6 Å². The summed E-state index contributed by atoms with van der Waals surface area (Å²) in [4.78, 5) is 18.1. The molecule has 2 rings (SSSR count). The van der Waals surface area contributed by atoms with Gasteiger partial charge in [0.1, 0.15) is 11.4 Å². The van der Waals surface area contributed by atoms with E-state index in [4.69, 9.17) is 10.8 Å². The lowest BCUT2D eigenvalue weighted by Gasteiger charge is -2.19. The maximum atomic E-state index is 10.9. The summed E-state index contributed by atoms with van der Waals surface area (Å²) in [6.07, 6.45) is 3.73. The number of rotatable bonds is 4. The summed E-state index contributed by atoms with van der Waals surface area (Å²) in [5, 5.41) is 8.97. The lowest BCUT2D eigenvalue weighted by atomic mass is 9.93. The Morgan fingerprint density at radius 2 is 2.05 bits per heavy atom. The molecule has 0 unspecified atom stereocenters. The highest BCUT2D eigenvalue weighted by Gasteiger charge is 2.27. The number of nitrogens with two attached hydrogens (primary N) is 1. The molecule has 102 valence electrons. The average molecular weight is 282 g/mol. The summed E-state index contributed by atoms with van der Waals surface area (Å²) in [5.74, 6) is -0.215. The number of aromatic nitrogens is 2. The molecule has 0 spiro atoms. The summed E-state index contributed by atoms with van der Waals surface area (Å²) in [5.41, 5.74) is 6.31. The number of imidazole rings is 1. The van der Waals surface area contributed by atoms with Gasteiger partial charge in [-0.1, -0.05) is 24.3 Å². The summed E-state index contributed by atoms with van der Waals surface area (Å²) in [7, 11) is 0. The summed E-state index contributed by atoms with van der Waals surface area (Å²) in [6, 6.07) is 7.52. The number of halogens is 1. The van der Waals surface area contributed by atoms with Gasteiger partial charge in [0.2, 0.25) is 0 Å². The van der Waals surface area contributed by atoms with Crippen molar-refractivity contribution in [2.24, 2.45) is 5.73 Å². The Balaban J connectivity index is 0.00000180. The van der Waals surface area contributed by atoms with E-state index in [9.17, 15) is 4.79 Å². The van der Waals surface area contributed by atoms with E-state index in [1.165, 1.54) is 6.92 Å². The first kappa shape index (κ1) is 15.2. The number of nitrogens with zero attached hydrogens (tertiary/aromatic N) is 1. The molecule has 19 heavy (non-hydrogen) atoms. The SMILES string of the molecule is C[C@](N)(Cc1ccc(-c2ncc[nH]2)cc1)C(=O)O.Cl. The van der Waals surface area contributed by atoms with E-state index < -0.39 is 11.5 Å². The third kappa shape index (κ3) is 3.56. The molecule has 1 aromatic heterocycles. The van der Waals surface area contributed by atoms with Crippen molar-refractivity contribution in [3.63, 3.8) is 0 Å². The third-order valence-corrected chi connectivity index (χ3v) is 2.79. The zero-order chi connectivity index (χ0) is 13.2. The zero-order valence-corrected chi connectivity index (χ0v) is 11.3. The number of H-pyrrole nitrogens is 1. The van der Waals surface area contributed by atoms with Crippen LogP contribution >= 0.6 is 12.4 Å². The van der Waals surface area contributed by atoms with Crippen molar-refractivity contribution in [2.45, 2.75) is 18.9 Å². The van der Waals surface area contributed by atoms with Gasteiger partial charge in [0.05, 0.1) is 0 Å². The molecule has 5 nitrogen and oxygen atoms in total. The number of aromatic amines is 1. The van der Waals surface area contributed by atoms with Crippen LogP contribution in [0.1, 0.15) is 12.5 Å². The van der Waals surface area contributed by atoms with Crippen molar-refractivity contribution in [1.29, 1.82) is 0 Å². The van der Waals surface area contributed by atoms with Crippen LogP contribution in [0.5, 0.6) is 0 Å². The fraction of sp³-hybridized carbons (Fsp3) is 0.231. The van der Waals surface area contributed by atoms with Crippen molar-refractivity contribution in [3.05, 3.63) is 42.2 Å². The van der Waals surface area contributed by atoms with Crippen molar-refractivity contribution in [3.8, 4) is 11.4 Å². The molecule has 0 radical (unpaired) electrons. The minimum absolute atomic E-state index is 0. The highest BCUT2D eigenvalue weighted by atomic mass is 35.5. The van der Waals surface area contributed by atoms with Crippen molar-refractivity contribution in [2.75, 3.05) is 0 Å². The first-order valence-electron chi connectivity index (χ1n) is 5.60. The fourth-order valence-corrected chi connectivity index (χ4v) is 1.70. The van der Waals surface area contributed by atoms with E-state index in [1.807, 2.05) is 24.3 Å². The molecule has 0 bridgehead atoms. The van der Waals surface area contributed by atoms with Crippen LogP contribution in [0.3, 0.4) is 0 Å². The van der Waals surface area contributed by atoms with E-state index >= 15 is 0 Å². The highest BCUT2D eigenvalue weighted by Crippen LogP contribution is 2.17. The minimum atomic E-state index is -1.24. The molecule has 0 aliphatic carbocycles. The molecule has 0 fully saturated rings. The molecule has 0 aliphatic heterocycles. The Kier molecular flexibility index (Phi) is 4.69. The number of nitrogens with one attached hydrogen (secondary N) is 1. The highest BCUT2D eigenvalue weighted by molar-refractivity contribution is 5.85. The molecule has 0 amide bonds. The number of hydrogen-bond acceptors (Lipinski definition) is 3. The molecular formula is C13H16ClN3O2. The van der Waals surface area contributed by atoms with Gasteiger partial charge in [-0.15, -0.1) is 12.4 Å². The normalized spacial score (nSPS) is 13.4. The quantitative estimate of drug-likeness (QED) is 0.797. The Labute approximate surface area is 117 Å². The standard InChI is InChI=1S/C13H15N3O2.ClH/c1-13(14,12(17)18)8-9-2-4-10(5-3-9)11-15-6-7-16-11;/h2-7H,8,14H2,1H3,(H,15,16)(H,17,18);1H/t13-;/m0./s1. The lowest BCUT2D eigenvalue weighted by molar-refractivity contribution is -0.142. The van der Waals surface area contributed by atoms with Crippen molar-refractivity contribution in [1.82, 2.24) is 9.97 Å². The van der Waals surface area contributed by atoms with E-state index in [2.05, 4.69) is 9.97 Å². The second kappa shape index (κ2) is 5.86. The van der Waals surface area contributed by atoms with Gasteiger partial charge in [0, 0.05) is 24.4 Å². The van der Waals surface area contributed by atoms with Gasteiger partial charge < -0.3 is 15.8 Å². The van der Waals surface area contributed by atoms with Crippen LogP contribution < -0.4 is 5.73 Å². The van der Waals surface area contributed by atoms with Crippen molar-refractivity contribution >= 4 is 18.4 Å². The zero-order valence-electron chi connectivity index (χ0n) is 10.5.